The van der Waals surface area contributed by atoms with Gasteiger partial charge in [-0.2, -0.15) is 0 Å². The molecule has 2 aliphatic heterocycles. The lowest BCUT2D eigenvalue weighted by Gasteiger charge is -2.37. The molecule has 2 amide bonds. The Morgan fingerprint density at radius 3 is 2.62 bits per heavy atom. The number of hydrogen-bond acceptors (Lipinski definition) is 7. The fraction of sp³-hybridized carbons (Fsp3) is 0.364. The Kier molecular flexibility index (Phi) is 6.87. The standard InChI is InChI=1S/C22H25ClN6O3/c1-2-32-20(30)18-17(26-22(31)27-19(18)15-5-3-6-16(23)13-15)14-28-9-11-29(12-10-28)21-24-7-4-8-25-21/h3-8,13,19H,2,9-12,14H2,1H3,(H2,26,27,31)/t19-/m0/s1. The lowest BCUT2D eigenvalue weighted by Crippen LogP contribution is -2.52. The number of benzene rings is 1. The van der Waals surface area contributed by atoms with Crippen LogP contribution in [-0.4, -0.2) is 66.2 Å². The first-order valence-electron chi connectivity index (χ1n) is 10.5. The molecule has 0 bridgehead atoms. The highest BCUT2D eigenvalue weighted by Gasteiger charge is 2.34. The SMILES string of the molecule is CCOC(=O)C1=C(CN2CCN(c3ncccn3)CC2)NC(=O)N[C@H]1c1cccc(Cl)c1. The number of rotatable bonds is 6. The molecule has 0 saturated carbocycles. The van der Waals surface area contributed by atoms with Crippen LogP contribution in [0.3, 0.4) is 0 Å². The molecule has 0 aliphatic carbocycles. The van der Waals surface area contributed by atoms with Crippen LogP contribution in [0.5, 0.6) is 0 Å². The summed E-state index contributed by atoms with van der Waals surface area (Å²) in [4.78, 5) is 38.3. The van der Waals surface area contributed by atoms with Gasteiger partial charge in [0, 0.05) is 55.8 Å². The predicted octanol–water partition coefficient (Wildman–Crippen LogP) is 2.12. The van der Waals surface area contributed by atoms with Gasteiger partial charge in [0.1, 0.15) is 0 Å². The number of urea groups is 1. The second-order valence-electron chi connectivity index (χ2n) is 7.51. The fourth-order valence-corrected chi connectivity index (χ4v) is 4.11. The van der Waals surface area contributed by atoms with Crippen molar-refractivity contribution < 1.29 is 14.3 Å². The van der Waals surface area contributed by atoms with Gasteiger partial charge in [-0.25, -0.2) is 19.6 Å². The second-order valence-corrected chi connectivity index (χ2v) is 7.95. The number of nitrogens with one attached hydrogen (secondary N) is 2. The molecular formula is C22H25ClN6O3. The molecule has 32 heavy (non-hydrogen) atoms. The molecule has 4 rings (SSSR count). The maximum Gasteiger partial charge on any atom is 0.338 e. The Labute approximate surface area is 191 Å². The molecule has 168 valence electrons. The van der Waals surface area contributed by atoms with E-state index in [1.807, 2.05) is 6.07 Å². The van der Waals surface area contributed by atoms with Crippen molar-refractivity contribution >= 4 is 29.5 Å². The van der Waals surface area contributed by atoms with E-state index in [1.165, 1.54) is 0 Å². The maximum atomic E-state index is 12.9. The van der Waals surface area contributed by atoms with Gasteiger partial charge in [-0.05, 0) is 30.7 Å². The van der Waals surface area contributed by atoms with Crippen molar-refractivity contribution in [2.45, 2.75) is 13.0 Å². The summed E-state index contributed by atoms with van der Waals surface area (Å²) in [5.41, 5.74) is 1.66. The van der Waals surface area contributed by atoms with E-state index in [0.29, 0.717) is 28.8 Å². The fourth-order valence-electron chi connectivity index (χ4n) is 3.91. The zero-order valence-corrected chi connectivity index (χ0v) is 18.5. The van der Waals surface area contributed by atoms with Gasteiger partial charge in [0.25, 0.3) is 0 Å². The van der Waals surface area contributed by atoms with Gasteiger partial charge in [-0.15, -0.1) is 0 Å². The summed E-state index contributed by atoms with van der Waals surface area (Å²) in [5.74, 6) is 0.242. The summed E-state index contributed by atoms with van der Waals surface area (Å²) in [5, 5.41) is 6.19. The molecule has 2 aliphatic rings. The van der Waals surface area contributed by atoms with Gasteiger partial charge in [-0.1, -0.05) is 23.7 Å². The first-order chi connectivity index (χ1) is 15.5. The number of ether oxygens (including phenoxy) is 1. The van der Waals surface area contributed by atoms with Crippen molar-refractivity contribution in [3.05, 3.63) is 64.6 Å². The first-order valence-corrected chi connectivity index (χ1v) is 10.9. The number of aromatic nitrogens is 2. The zero-order valence-electron chi connectivity index (χ0n) is 17.8. The Hall–Kier alpha value is -3.17. The van der Waals surface area contributed by atoms with Crippen molar-refractivity contribution in [1.29, 1.82) is 0 Å². The summed E-state index contributed by atoms with van der Waals surface area (Å²) < 4.78 is 5.33. The number of piperazine rings is 1. The molecule has 1 fully saturated rings. The number of hydrogen-bond donors (Lipinski definition) is 2. The third kappa shape index (κ3) is 5.00. The van der Waals surface area contributed by atoms with E-state index in [2.05, 4.69) is 30.4 Å². The van der Waals surface area contributed by atoms with E-state index >= 15 is 0 Å². The molecule has 2 N–H and O–H groups in total. The highest BCUT2D eigenvalue weighted by Crippen LogP contribution is 2.29. The molecule has 1 aromatic heterocycles. The van der Waals surface area contributed by atoms with Crippen molar-refractivity contribution in [3.8, 4) is 0 Å². The minimum atomic E-state index is -0.643. The second kappa shape index (κ2) is 9.97. The van der Waals surface area contributed by atoms with Crippen LogP contribution in [0.25, 0.3) is 0 Å². The quantitative estimate of drug-likeness (QED) is 0.642. The summed E-state index contributed by atoms with van der Waals surface area (Å²) in [7, 11) is 0. The highest BCUT2D eigenvalue weighted by atomic mass is 35.5. The van der Waals surface area contributed by atoms with Crippen LogP contribution in [0.4, 0.5) is 10.7 Å². The van der Waals surface area contributed by atoms with Gasteiger partial charge in [0.2, 0.25) is 5.95 Å². The van der Waals surface area contributed by atoms with Gasteiger partial charge in [-0.3, -0.25) is 4.90 Å². The molecule has 2 aromatic rings. The summed E-state index contributed by atoms with van der Waals surface area (Å²) in [6, 6.07) is 7.90. The summed E-state index contributed by atoms with van der Waals surface area (Å²) in [6.07, 6.45) is 3.46. The normalized spacial score (nSPS) is 19.4. The molecule has 0 radical (unpaired) electrons. The van der Waals surface area contributed by atoms with Crippen LogP contribution < -0.4 is 15.5 Å². The monoisotopic (exact) mass is 456 g/mol. The lowest BCUT2D eigenvalue weighted by molar-refractivity contribution is -0.139. The van der Waals surface area contributed by atoms with Crippen LogP contribution >= 0.6 is 11.6 Å². The van der Waals surface area contributed by atoms with Gasteiger partial charge < -0.3 is 20.3 Å². The summed E-state index contributed by atoms with van der Waals surface area (Å²) >= 11 is 6.16. The molecule has 9 nitrogen and oxygen atoms in total. The van der Waals surface area contributed by atoms with E-state index in [-0.39, 0.29) is 12.6 Å². The van der Waals surface area contributed by atoms with E-state index in [1.54, 1.807) is 43.6 Å². The van der Waals surface area contributed by atoms with Gasteiger partial charge in [0.05, 0.1) is 18.2 Å². The highest BCUT2D eigenvalue weighted by molar-refractivity contribution is 6.30. The summed E-state index contributed by atoms with van der Waals surface area (Å²) in [6.45, 7) is 5.38. The van der Waals surface area contributed by atoms with Crippen LogP contribution in [0, 0.1) is 0 Å². The molecule has 1 atom stereocenters. The average molecular weight is 457 g/mol. The zero-order chi connectivity index (χ0) is 22.5. The molecule has 1 aromatic carbocycles. The van der Waals surface area contributed by atoms with Crippen LogP contribution in [-0.2, 0) is 9.53 Å². The van der Waals surface area contributed by atoms with E-state index in [4.69, 9.17) is 16.3 Å². The van der Waals surface area contributed by atoms with Gasteiger partial charge in [0.15, 0.2) is 0 Å². The first kappa shape index (κ1) is 22.0. The third-order valence-electron chi connectivity index (χ3n) is 5.42. The third-order valence-corrected chi connectivity index (χ3v) is 5.66. The van der Waals surface area contributed by atoms with E-state index in [0.717, 1.165) is 31.7 Å². The smallest absolute Gasteiger partial charge is 0.338 e. The molecule has 3 heterocycles. The Morgan fingerprint density at radius 2 is 1.94 bits per heavy atom. The Morgan fingerprint density at radius 1 is 1.19 bits per heavy atom. The number of amides is 2. The molecule has 10 heteroatoms. The van der Waals surface area contributed by atoms with Gasteiger partial charge >= 0.3 is 12.0 Å². The number of carbonyl (C=O) groups excluding carboxylic acids is 2. The van der Waals surface area contributed by atoms with Crippen molar-refractivity contribution in [2.75, 3.05) is 44.2 Å². The van der Waals surface area contributed by atoms with E-state index < -0.39 is 12.0 Å². The molecule has 0 spiro atoms. The van der Waals surface area contributed by atoms with E-state index in [9.17, 15) is 9.59 Å². The average Bonchev–Trinajstić information content (AvgIpc) is 2.80. The minimum absolute atomic E-state index is 0.238. The molecular weight excluding hydrogens is 432 g/mol. The lowest BCUT2D eigenvalue weighted by atomic mass is 9.95. The number of carbonyl (C=O) groups is 2. The number of halogens is 1. The van der Waals surface area contributed by atoms with Crippen molar-refractivity contribution in [1.82, 2.24) is 25.5 Å². The largest absolute Gasteiger partial charge is 0.463 e. The number of nitrogens with zero attached hydrogens (tertiary/aromatic N) is 4. The Balaban J connectivity index is 1.56. The molecule has 1 saturated heterocycles. The van der Waals surface area contributed by atoms with Crippen molar-refractivity contribution in [2.24, 2.45) is 0 Å². The number of esters is 1. The minimum Gasteiger partial charge on any atom is -0.463 e. The van der Waals surface area contributed by atoms with Crippen molar-refractivity contribution in [3.63, 3.8) is 0 Å². The molecule has 0 unspecified atom stereocenters. The predicted molar refractivity (Wildman–Crippen MR) is 120 cm³/mol. The van der Waals surface area contributed by atoms with Crippen LogP contribution in [0.15, 0.2) is 54.0 Å². The van der Waals surface area contributed by atoms with Crippen LogP contribution in [0.2, 0.25) is 5.02 Å². The Bertz CT molecular complexity index is 1010. The maximum absolute atomic E-state index is 12.9. The number of anilines is 1. The topological polar surface area (TPSA) is 99.7 Å². The van der Waals surface area contributed by atoms with Crippen LogP contribution in [0.1, 0.15) is 18.5 Å².